The van der Waals surface area contributed by atoms with Crippen LogP contribution >= 0.6 is 11.3 Å². The van der Waals surface area contributed by atoms with Crippen molar-refractivity contribution in [3.63, 3.8) is 0 Å². The number of halogens is 1. The van der Waals surface area contributed by atoms with Crippen LogP contribution in [0.15, 0.2) is 30.5 Å². The second-order valence-corrected chi connectivity index (χ2v) is 5.36. The van der Waals surface area contributed by atoms with E-state index in [1.807, 2.05) is 17.5 Å². The lowest BCUT2D eigenvalue weighted by atomic mass is 10.2. The number of nitrogens with one attached hydrogen (secondary N) is 1. The molecule has 2 aromatic heterocycles. The van der Waals surface area contributed by atoms with Gasteiger partial charge in [-0.3, -0.25) is 9.20 Å². The Balaban J connectivity index is 2.08. The fourth-order valence-corrected chi connectivity index (χ4v) is 3.09. The molecule has 102 valence electrons. The number of nitrogens with zero attached hydrogens (tertiary/aromatic N) is 2. The highest BCUT2D eigenvalue weighted by atomic mass is 32.1. The Morgan fingerprint density at radius 3 is 2.65 bits per heavy atom. The summed E-state index contributed by atoms with van der Waals surface area (Å²) < 4.78 is 14.8. The Bertz CT molecular complexity index is 789. The van der Waals surface area contributed by atoms with Gasteiger partial charge >= 0.3 is 0 Å². The molecule has 0 fully saturated rings. The number of imidazole rings is 1. The van der Waals surface area contributed by atoms with Gasteiger partial charge in [-0.2, -0.15) is 0 Å². The number of carbonyl (C=O) groups is 1. The van der Waals surface area contributed by atoms with Gasteiger partial charge in [0.2, 0.25) is 0 Å². The van der Waals surface area contributed by atoms with Crippen LogP contribution in [0.25, 0.3) is 16.2 Å². The monoisotopic (exact) mass is 289 g/mol. The SMILES string of the molecule is CNC(=O)c1sc2nc(-c3ccc(F)cc3)cn2c1C. The summed E-state index contributed by atoms with van der Waals surface area (Å²) in [6, 6.07) is 6.20. The Morgan fingerprint density at radius 1 is 1.35 bits per heavy atom. The van der Waals surface area contributed by atoms with Gasteiger partial charge in [-0.05, 0) is 31.2 Å². The summed E-state index contributed by atoms with van der Waals surface area (Å²) in [5, 5.41) is 2.61. The van der Waals surface area contributed by atoms with Crippen LogP contribution in [0.2, 0.25) is 0 Å². The van der Waals surface area contributed by atoms with Gasteiger partial charge in [0, 0.05) is 24.5 Å². The molecular formula is C14H12FN3OS. The van der Waals surface area contributed by atoms with Crippen molar-refractivity contribution >= 4 is 22.2 Å². The molecule has 6 heteroatoms. The fraction of sp³-hybridized carbons (Fsp3) is 0.143. The normalized spacial score (nSPS) is 10.9. The van der Waals surface area contributed by atoms with Crippen LogP contribution in [-0.4, -0.2) is 22.3 Å². The van der Waals surface area contributed by atoms with E-state index in [1.54, 1.807) is 19.2 Å². The lowest BCUT2D eigenvalue weighted by molar-refractivity contribution is 0.0966. The lowest BCUT2D eigenvalue weighted by Crippen LogP contribution is -2.17. The van der Waals surface area contributed by atoms with E-state index in [-0.39, 0.29) is 11.7 Å². The van der Waals surface area contributed by atoms with Gasteiger partial charge in [-0.15, -0.1) is 0 Å². The van der Waals surface area contributed by atoms with E-state index in [4.69, 9.17) is 0 Å². The number of hydrogen-bond donors (Lipinski definition) is 1. The number of fused-ring (bicyclic) bond motifs is 1. The summed E-state index contributed by atoms with van der Waals surface area (Å²) in [6.07, 6.45) is 1.86. The Morgan fingerprint density at radius 2 is 2.05 bits per heavy atom. The molecule has 0 spiro atoms. The maximum absolute atomic E-state index is 12.9. The average Bonchev–Trinajstić information content (AvgIpc) is 2.99. The number of carbonyl (C=O) groups excluding carboxylic acids is 1. The van der Waals surface area contributed by atoms with Crippen LogP contribution in [0.3, 0.4) is 0 Å². The van der Waals surface area contributed by atoms with Crippen molar-refractivity contribution in [2.75, 3.05) is 7.05 Å². The summed E-state index contributed by atoms with van der Waals surface area (Å²) in [5.74, 6) is -0.380. The van der Waals surface area contributed by atoms with Gasteiger partial charge < -0.3 is 5.32 Å². The maximum atomic E-state index is 12.9. The Hall–Kier alpha value is -2.21. The predicted octanol–water partition coefficient (Wildman–Crippen LogP) is 2.87. The quantitative estimate of drug-likeness (QED) is 0.788. The van der Waals surface area contributed by atoms with Crippen LogP contribution < -0.4 is 5.32 Å². The smallest absolute Gasteiger partial charge is 0.263 e. The summed E-state index contributed by atoms with van der Waals surface area (Å²) >= 11 is 1.34. The van der Waals surface area contributed by atoms with Crippen molar-refractivity contribution in [3.05, 3.63) is 46.9 Å². The molecule has 0 bridgehead atoms. The second-order valence-electron chi connectivity index (χ2n) is 4.38. The summed E-state index contributed by atoms with van der Waals surface area (Å²) in [5.41, 5.74) is 2.47. The van der Waals surface area contributed by atoms with Crippen LogP contribution in [0.1, 0.15) is 15.4 Å². The van der Waals surface area contributed by atoms with E-state index in [2.05, 4.69) is 10.3 Å². The molecule has 0 saturated carbocycles. The van der Waals surface area contributed by atoms with Crippen molar-refractivity contribution in [3.8, 4) is 11.3 Å². The molecular weight excluding hydrogens is 277 g/mol. The van der Waals surface area contributed by atoms with Crippen molar-refractivity contribution in [1.82, 2.24) is 14.7 Å². The first kappa shape index (κ1) is 12.8. The first-order valence-electron chi connectivity index (χ1n) is 6.06. The zero-order chi connectivity index (χ0) is 14.3. The number of thiazole rings is 1. The number of amides is 1. The minimum atomic E-state index is -0.271. The van der Waals surface area contributed by atoms with Crippen LogP contribution in [0, 0.1) is 12.7 Å². The topological polar surface area (TPSA) is 46.4 Å². The van der Waals surface area contributed by atoms with E-state index in [1.165, 1.54) is 23.5 Å². The highest BCUT2D eigenvalue weighted by Gasteiger charge is 2.16. The molecule has 0 atom stereocenters. The number of benzene rings is 1. The highest BCUT2D eigenvalue weighted by Crippen LogP contribution is 2.27. The molecule has 20 heavy (non-hydrogen) atoms. The van der Waals surface area contributed by atoms with Crippen LogP contribution in [-0.2, 0) is 0 Å². The van der Waals surface area contributed by atoms with Crippen LogP contribution in [0.5, 0.6) is 0 Å². The third-order valence-corrected chi connectivity index (χ3v) is 4.29. The molecule has 1 amide bonds. The molecule has 3 rings (SSSR count). The zero-order valence-electron chi connectivity index (χ0n) is 11.0. The molecule has 4 nitrogen and oxygen atoms in total. The van der Waals surface area contributed by atoms with E-state index >= 15 is 0 Å². The van der Waals surface area contributed by atoms with Crippen molar-refractivity contribution in [2.24, 2.45) is 0 Å². The second kappa shape index (κ2) is 4.72. The number of aryl methyl sites for hydroxylation is 1. The van der Waals surface area contributed by atoms with Gasteiger partial charge in [0.25, 0.3) is 5.91 Å². The minimum absolute atomic E-state index is 0.110. The van der Waals surface area contributed by atoms with Crippen molar-refractivity contribution in [2.45, 2.75) is 6.92 Å². The lowest BCUT2D eigenvalue weighted by Gasteiger charge is -1.98. The van der Waals surface area contributed by atoms with Gasteiger partial charge in [0.05, 0.1) is 5.69 Å². The number of hydrogen-bond acceptors (Lipinski definition) is 3. The Kier molecular flexibility index (Phi) is 3.02. The van der Waals surface area contributed by atoms with E-state index < -0.39 is 0 Å². The summed E-state index contributed by atoms with van der Waals surface area (Å²) in [4.78, 5) is 17.6. The third-order valence-electron chi connectivity index (χ3n) is 3.13. The van der Waals surface area contributed by atoms with Gasteiger partial charge in [-0.25, -0.2) is 9.37 Å². The first-order valence-corrected chi connectivity index (χ1v) is 6.88. The van der Waals surface area contributed by atoms with E-state index in [9.17, 15) is 9.18 Å². The van der Waals surface area contributed by atoms with E-state index in [0.29, 0.717) is 4.88 Å². The predicted molar refractivity (Wildman–Crippen MR) is 76.6 cm³/mol. The van der Waals surface area contributed by atoms with Crippen molar-refractivity contribution in [1.29, 1.82) is 0 Å². The zero-order valence-corrected chi connectivity index (χ0v) is 11.8. The molecule has 2 heterocycles. The molecule has 0 aliphatic carbocycles. The molecule has 0 radical (unpaired) electrons. The molecule has 1 aromatic carbocycles. The van der Waals surface area contributed by atoms with Gasteiger partial charge in [0.15, 0.2) is 4.96 Å². The largest absolute Gasteiger partial charge is 0.354 e. The van der Waals surface area contributed by atoms with Gasteiger partial charge in [-0.1, -0.05) is 11.3 Å². The van der Waals surface area contributed by atoms with Gasteiger partial charge in [0.1, 0.15) is 10.7 Å². The third kappa shape index (κ3) is 1.98. The van der Waals surface area contributed by atoms with Crippen LogP contribution in [0.4, 0.5) is 4.39 Å². The fourth-order valence-electron chi connectivity index (χ4n) is 2.03. The molecule has 3 aromatic rings. The first-order chi connectivity index (χ1) is 9.60. The standard InChI is InChI=1S/C14H12FN3OS/c1-8-12(13(19)16-2)20-14-17-11(7-18(8)14)9-3-5-10(15)6-4-9/h3-7H,1-2H3,(H,16,19). The maximum Gasteiger partial charge on any atom is 0.263 e. The molecule has 0 aliphatic rings. The molecule has 0 unspecified atom stereocenters. The number of aromatic nitrogens is 2. The Labute approximate surface area is 118 Å². The highest BCUT2D eigenvalue weighted by molar-refractivity contribution is 7.19. The average molecular weight is 289 g/mol. The van der Waals surface area contributed by atoms with E-state index in [0.717, 1.165) is 21.9 Å². The summed E-state index contributed by atoms with van der Waals surface area (Å²) in [6.45, 7) is 1.88. The molecule has 1 N–H and O–H groups in total. The summed E-state index contributed by atoms with van der Waals surface area (Å²) in [7, 11) is 1.61. The number of rotatable bonds is 2. The molecule has 0 aliphatic heterocycles. The van der Waals surface area contributed by atoms with Crippen molar-refractivity contribution < 1.29 is 9.18 Å². The molecule has 0 saturated heterocycles. The minimum Gasteiger partial charge on any atom is -0.354 e.